The maximum Gasteiger partial charge on any atom is 0.329 e. The standard InChI is InChI=1S/C12H16N4O5S/c17-10(1-4-15-8-9(7-13-15)16(20)21)14-12(11(18)19)2-5-22-6-3-12/h7-8H,1-6H2,(H,14,17)(H,18,19). The van der Waals surface area contributed by atoms with E-state index in [1.807, 2.05) is 0 Å². The highest BCUT2D eigenvalue weighted by Crippen LogP contribution is 2.27. The molecule has 0 saturated carbocycles. The molecule has 0 aromatic carbocycles. The Bertz CT molecular complexity index is 582. The molecule has 10 heteroatoms. The van der Waals surface area contributed by atoms with Crippen LogP contribution in [0.4, 0.5) is 5.69 Å². The summed E-state index contributed by atoms with van der Waals surface area (Å²) in [5.41, 5.74) is -1.34. The molecular weight excluding hydrogens is 312 g/mol. The SMILES string of the molecule is O=C(CCn1cc([N+](=O)[O-])cn1)NC1(C(=O)O)CCSCC1. The van der Waals surface area contributed by atoms with Crippen LogP contribution >= 0.6 is 11.8 Å². The van der Waals surface area contributed by atoms with E-state index in [2.05, 4.69) is 10.4 Å². The van der Waals surface area contributed by atoms with E-state index in [0.29, 0.717) is 24.3 Å². The molecular formula is C12H16N4O5S. The van der Waals surface area contributed by atoms with E-state index in [1.54, 1.807) is 11.8 Å². The number of carbonyl (C=O) groups excluding carboxylic acids is 1. The summed E-state index contributed by atoms with van der Waals surface area (Å²) < 4.78 is 1.29. The Kier molecular flexibility index (Phi) is 5.01. The number of thioether (sulfide) groups is 1. The van der Waals surface area contributed by atoms with Gasteiger partial charge in [0.1, 0.15) is 17.9 Å². The van der Waals surface area contributed by atoms with Crippen molar-refractivity contribution in [1.82, 2.24) is 15.1 Å². The van der Waals surface area contributed by atoms with Crippen LogP contribution in [-0.4, -0.2) is 48.7 Å². The first kappa shape index (κ1) is 16.3. The summed E-state index contributed by atoms with van der Waals surface area (Å²) in [6, 6.07) is 0. The number of carbonyl (C=O) groups is 2. The summed E-state index contributed by atoms with van der Waals surface area (Å²) in [6.07, 6.45) is 3.14. The van der Waals surface area contributed by atoms with E-state index in [1.165, 1.54) is 10.9 Å². The van der Waals surface area contributed by atoms with Crippen LogP contribution in [0.2, 0.25) is 0 Å². The third kappa shape index (κ3) is 3.75. The summed E-state index contributed by atoms with van der Waals surface area (Å²) in [5, 5.41) is 26.3. The summed E-state index contributed by atoms with van der Waals surface area (Å²) in [7, 11) is 0. The van der Waals surface area contributed by atoms with Crippen molar-refractivity contribution in [1.29, 1.82) is 0 Å². The predicted molar refractivity (Wildman–Crippen MR) is 78.6 cm³/mol. The molecule has 1 saturated heterocycles. The van der Waals surface area contributed by atoms with Crippen molar-refractivity contribution < 1.29 is 19.6 Å². The van der Waals surface area contributed by atoms with Gasteiger partial charge in [0.15, 0.2) is 0 Å². The number of nitrogens with zero attached hydrogens (tertiary/aromatic N) is 3. The molecule has 120 valence electrons. The first-order valence-electron chi connectivity index (χ1n) is 6.72. The van der Waals surface area contributed by atoms with Gasteiger partial charge in [-0.25, -0.2) is 4.79 Å². The zero-order valence-corrected chi connectivity index (χ0v) is 12.5. The number of rotatable bonds is 6. The second-order valence-electron chi connectivity index (χ2n) is 5.02. The minimum atomic E-state index is -1.20. The number of hydrogen-bond acceptors (Lipinski definition) is 6. The van der Waals surface area contributed by atoms with Gasteiger partial charge in [-0.3, -0.25) is 19.6 Å². The highest BCUT2D eigenvalue weighted by Gasteiger charge is 2.41. The number of amides is 1. The van der Waals surface area contributed by atoms with Crippen LogP contribution in [0.5, 0.6) is 0 Å². The zero-order chi connectivity index (χ0) is 16.2. The average Bonchev–Trinajstić information content (AvgIpc) is 2.95. The molecule has 0 radical (unpaired) electrons. The van der Waals surface area contributed by atoms with Crippen molar-refractivity contribution in [2.75, 3.05) is 11.5 Å². The lowest BCUT2D eigenvalue weighted by molar-refractivity contribution is -0.385. The molecule has 22 heavy (non-hydrogen) atoms. The van der Waals surface area contributed by atoms with Crippen LogP contribution < -0.4 is 5.32 Å². The predicted octanol–water partition coefficient (Wildman–Crippen LogP) is 0.648. The fraction of sp³-hybridized carbons (Fsp3) is 0.583. The molecule has 1 aliphatic heterocycles. The Morgan fingerprint density at radius 2 is 2.18 bits per heavy atom. The van der Waals surface area contributed by atoms with Crippen molar-refractivity contribution in [3.8, 4) is 0 Å². The first-order chi connectivity index (χ1) is 10.4. The Hall–Kier alpha value is -2.10. The van der Waals surface area contributed by atoms with E-state index in [4.69, 9.17) is 0 Å². The molecule has 2 rings (SSSR count). The van der Waals surface area contributed by atoms with Gasteiger partial charge in [-0.1, -0.05) is 0 Å². The third-order valence-electron chi connectivity index (χ3n) is 3.53. The Balaban J connectivity index is 1.91. The Labute approximate surface area is 130 Å². The number of nitro groups is 1. The highest BCUT2D eigenvalue weighted by atomic mass is 32.2. The lowest BCUT2D eigenvalue weighted by Gasteiger charge is -2.33. The number of aromatic nitrogens is 2. The zero-order valence-electron chi connectivity index (χ0n) is 11.7. The molecule has 2 heterocycles. The van der Waals surface area contributed by atoms with Gasteiger partial charge in [0.25, 0.3) is 0 Å². The van der Waals surface area contributed by atoms with Crippen LogP contribution in [0.3, 0.4) is 0 Å². The van der Waals surface area contributed by atoms with Crippen molar-refractivity contribution in [3.63, 3.8) is 0 Å². The van der Waals surface area contributed by atoms with E-state index in [0.717, 1.165) is 6.20 Å². The number of nitrogens with one attached hydrogen (secondary N) is 1. The Morgan fingerprint density at radius 1 is 1.50 bits per heavy atom. The maximum absolute atomic E-state index is 12.0. The van der Waals surface area contributed by atoms with Crippen LogP contribution in [0.25, 0.3) is 0 Å². The minimum absolute atomic E-state index is 0.0149. The number of carboxylic acids is 1. The molecule has 0 unspecified atom stereocenters. The van der Waals surface area contributed by atoms with Crippen LogP contribution in [0.15, 0.2) is 12.4 Å². The molecule has 0 aliphatic carbocycles. The van der Waals surface area contributed by atoms with Crippen molar-refractivity contribution in [2.45, 2.75) is 31.3 Å². The average molecular weight is 328 g/mol. The fourth-order valence-corrected chi connectivity index (χ4v) is 3.42. The first-order valence-corrected chi connectivity index (χ1v) is 7.87. The van der Waals surface area contributed by atoms with Gasteiger partial charge in [-0.05, 0) is 24.3 Å². The number of hydrogen-bond donors (Lipinski definition) is 2. The molecule has 2 N–H and O–H groups in total. The second-order valence-corrected chi connectivity index (χ2v) is 6.24. The second kappa shape index (κ2) is 6.77. The topological polar surface area (TPSA) is 127 Å². The quantitative estimate of drug-likeness (QED) is 0.579. The summed E-state index contributed by atoms with van der Waals surface area (Å²) >= 11 is 1.66. The monoisotopic (exact) mass is 328 g/mol. The van der Waals surface area contributed by atoms with Crippen molar-refractivity contribution in [3.05, 3.63) is 22.5 Å². The van der Waals surface area contributed by atoms with Gasteiger partial charge >= 0.3 is 11.7 Å². The largest absolute Gasteiger partial charge is 0.480 e. The normalized spacial score (nSPS) is 16.9. The Morgan fingerprint density at radius 3 is 2.73 bits per heavy atom. The molecule has 9 nitrogen and oxygen atoms in total. The molecule has 1 aromatic heterocycles. The van der Waals surface area contributed by atoms with Crippen molar-refractivity contribution >= 4 is 29.3 Å². The van der Waals surface area contributed by atoms with E-state index in [9.17, 15) is 24.8 Å². The molecule has 1 fully saturated rings. The lowest BCUT2D eigenvalue weighted by Crippen LogP contribution is -2.56. The van der Waals surface area contributed by atoms with Gasteiger partial charge in [0.2, 0.25) is 5.91 Å². The molecule has 0 bridgehead atoms. The van der Waals surface area contributed by atoms with Crippen LogP contribution in [-0.2, 0) is 16.1 Å². The van der Waals surface area contributed by atoms with Crippen LogP contribution in [0, 0.1) is 10.1 Å². The maximum atomic E-state index is 12.0. The molecule has 1 aromatic rings. The summed E-state index contributed by atoms with van der Waals surface area (Å²) in [6.45, 7) is 0.157. The molecule has 0 spiro atoms. The molecule has 0 atom stereocenters. The van der Waals surface area contributed by atoms with Gasteiger partial charge in [-0.15, -0.1) is 0 Å². The van der Waals surface area contributed by atoms with E-state index >= 15 is 0 Å². The lowest BCUT2D eigenvalue weighted by atomic mass is 9.92. The summed E-state index contributed by atoms with van der Waals surface area (Å²) in [5.74, 6) is -0.0288. The smallest absolute Gasteiger partial charge is 0.329 e. The van der Waals surface area contributed by atoms with Gasteiger partial charge in [-0.2, -0.15) is 16.9 Å². The van der Waals surface area contributed by atoms with Gasteiger partial charge < -0.3 is 10.4 Å². The fourth-order valence-electron chi connectivity index (χ4n) is 2.23. The number of carboxylic acid groups (broad SMARTS) is 1. The molecule has 1 amide bonds. The van der Waals surface area contributed by atoms with E-state index in [-0.39, 0.29) is 18.7 Å². The summed E-state index contributed by atoms with van der Waals surface area (Å²) in [4.78, 5) is 33.4. The highest BCUT2D eigenvalue weighted by molar-refractivity contribution is 7.99. The number of aliphatic carboxylic acids is 1. The minimum Gasteiger partial charge on any atom is -0.480 e. The van der Waals surface area contributed by atoms with Gasteiger partial charge in [0, 0.05) is 13.0 Å². The molecule has 1 aliphatic rings. The van der Waals surface area contributed by atoms with Crippen LogP contribution in [0.1, 0.15) is 19.3 Å². The van der Waals surface area contributed by atoms with E-state index < -0.39 is 22.3 Å². The number of aryl methyl sites for hydroxylation is 1. The van der Waals surface area contributed by atoms with Gasteiger partial charge in [0.05, 0.1) is 4.92 Å². The third-order valence-corrected chi connectivity index (χ3v) is 4.52. The van der Waals surface area contributed by atoms with Crippen molar-refractivity contribution in [2.24, 2.45) is 0 Å².